The maximum Gasteiger partial charge on any atom is 0.241 e. The molecule has 1 aliphatic rings. The van der Waals surface area contributed by atoms with Crippen molar-refractivity contribution < 1.29 is 18.0 Å². The summed E-state index contributed by atoms with van der Waals surface area (Å²) in [6.45, 7) is 7.69. The molecule has 1 aromatic carbocycles. The third kappa shape index (κ3) is 7.29. The maximum atomic E-state index is 13.8. The summed E-state index contributed by atoms with van der Waals surface area (Å²) >= 11 is 0. The molecule has 0 bridgehead atoms. The van der Waals surface area contributed by atoms with Gasteiger partial charge < -0.3 is 0 Å². The van der Waals surface area contributed by atoms with E-state index in [1.807, 2.05) is 44.2 Å². The Kier molecular flexibility index (Phi) is 11.2. The highest BCUT2D eigenvalue weighted by Gasteiger charge is 2.35. The molecule has 0 radical (unpaired) electrons. The monoisotopic (exact) mass is 411 g/mol. The first-order chi connectivity index (χ1) is 14.0. The molecule has 162 valence electrons. The van der Waals surface area contributed by atoms with Gasteiger partial charge in [0, 0.05) is 12.3 Å². The van der Waals surface area contributed by atoms with Crippen molar-refractivity contribution in [1.29, 1.82) is 0 Å². The molecule has 4 nitrogen and oxygen atoms in total. The highest BCUT2D eigenvalue weighted by Crippen LogP contribution is 2.38. The lowest BCUT2D eigenvalue weighted by Gasteiger charge is -2.10. The van der Waals surface area contributed by atoms with Gasteiger partial charge in [0.05, 0.1) is 6.04 Å². The molecule has 0 N–H and O–H groups in total. The summed E-state index contributed by atoms with van der Waals surface area (Å²) < 4.78 is 39.0. The van der Waals surface area contributed by atoms with E-state index in [1.54, 1.807) is 6.92 Å². The lowest BCUT2D eigenvalue weighted by molar-refractivity contribution is 0.0805. The Morgan fingerprint density at radius 3 is 2.41 bits per heavy atom. The minimum Gasteiger partial charge on any atom is -0.294 e. The predicted molar refractivity (Wildman–Crippen MR) is 109 cm³/mol. The topological polar surface area (TPSA) is 47.8 Å². The summed E-state index contributed by atoms with van der Waals surface area (Å²) in [5, 5.41) is 4.01. The number of unbranched alkanes of at least 4 members (excludes halogenated alkanes) is 2. The highest BCUT2D eigenvalue weighted by molar-refractivity contribution is 5.68. The van der Waals surface area contributed by atoms with E-state index in [4.69, 9.17) is 0 Å². The van der Waals surface area contributed by atoms with Crippen molar-refractivity contribution in [2.75, 3.05) is 0 Å². The summed E-state index contributed by atoms with van der Waals surface area (Å²) in [4.78, 5) is 14.5. The molecule has 0 saturated carbocycles. The summed E-state index contributed by atoms with van der Waals surface area (Å²) in [6, 6.07) is 9.40. The number of aromatic nitrogens is 3. The van der Waals surface area contributed by atoms with Crippen LogP contribution >= 0.6 is 0 Å². The van der Waals surface area contributed by atoms with Gasteiger partial charge in [-0.1, -0.05) is 77.3 Å². The van der Waals surface area contributed by atoms with E-state index in [9.17, 15) is 18.0 Å². The fraction of sp³-hybridized carbons (Fsp3) is 0.591. The van der Waals surface area contributed by atoms with Gasteiger partial charge in [-0.15, -0.1) is 5.10 Å². The van der Waals surface area contributed by atoms with E-state index in [0.717, 1.165) is 24.8 Å². The zero-order valence-corrected chi connectivity index (χ0v) is 17.7. The second-order valence-electron chi connectivity index (χ2n) is 6.83. The number of nitrogens with zero attached hydrogens (tertiary/aromatic N) is 3. The molecule has 3 atom stereocenters. The smallest absolute Gasteiger partial charge is 0.241 e. The molecule has 2 aromatic rings. The zero-order valence-electron chi connectivity index (χ0n) is 17.7. The number of alkyl halides is 3. The second-order valence-corrected chi connectivity index (χ2v) is 6.83. The van der Waals surface area contributed by atoms with E-state index >= 15 is 0 Å². The van der Waals surface area contributed by atoms with Gasteiger partial charge in [0.2, 0.25) is 12.2 Å². The van der Waals surface area contributed by atoms with Gasteiger partial charge in [-0.3, -0.25) is 4.79 Å². The standard InChI is InChI=1S/C12H10FN3O.C8H16F2.C2H6/c13-9-6-10(8-4-2-1-3-5-8)16-12(9)14-11(7-17)15-16;1-3-4-5-6-7(2)8(9)10;1-2/h1-5,7,9-10H,6H2;7-8H,3-6H2,1-2H3;1-2H3. The molecule has 2 heterocycles. The van der Waals surface area contributed by atoms with Crippen molar-refractivity contribution in [1.82, 2.24) is 14.8 Å². The van der Waals surface area contributed by atoms with E-state index in [2.05, 4.69) is 17.0 Å². The average molecular weight is 412 g/mol. The fourth-order valence-electron chi connectivity index (χ4n) is 3.04. The molecular weight excluding hydrogens is 379 g/mol. The molecule has 0 amide bonds. The van der Waals surface area contributed by atoms with Crippen LogP contribution in [0.4, 0.5) is 13.2 Å². The third-order valence-electron chi connectivity index (χ3n) is 4.66. The summed E-state index contributed by atoms with van der Waals surface area (Å²) in [5.74, 6) is -0.115. The Morgan fingerprint density at radius 2 is 1.86 bits per heavy atom. The van der Waals surface area contributed by atoms with Crippen molar-refractivity contribution in [3.63, 3.8) is 0 Å². The second kappa shape index (κ2) is 13.1. The number of carbonyl (C=O) groups excluding carboxylic acids is 1. The summed E-state index contributed by atoms with van der Waals surface area (Å²) in [5.41, 5.74) is 0.983. The van der Waals surface area contributed by atoms with E-state index in [1.165, 1.54) is 4.68 Å². The van der Waals surface area contributed by atoms with Crippen molar-refractivity contribution in [2.45, 2.75) is 78.4 Å². The molecule has 0 aliphatic carbocycles. The lowest BCUT2D eigenvalue weighted by Crippen LogP contribution is -2.07. The minimum atomic E-state index is -2.13. The van der Waals surface area contributed by atoms with Gasteiger partial charge in [0.15, 0.2) is 18.3 Å². The van der Waals surface area contributed by atoms with Crippen molar-refractivity contribution in [3.05, 3.63) is 47.5 Å². The van der Waals surface area contributed by atoms with Crippen LogP contribution in [0.5, 0.6) is 0 Å². The Balaban J connectivity index is 0.000000304. The predicted octanol–water partition coefficient (Wildman–Crippen LogP) is 6.59. The van der Waals surface area contributed by atoms with Crippen LogP contribution in [-0.4, -0.2) is 27.5 Å². The lowest BCUT2D eigenvalue weighted by atomic mass is 10.0. The quantitative estimate of drug-likeness (QED) is 0.381. The normalized spacial score (nSPS) is 18.2. The van der Waals surface area contributed by atoms with Crippen LogP contribution in [-0.2, 0) is 0 Å². The largest absolute Gasteiger partial charge is 0.294 e. The molecule has 1 aromatic heterocycles. The van der Waals surface area contributed by atoms with Gasteiger partial charge in [-0.25, -0.2) is 22.8 Å². The number of halogens is 3. The Morgan fingerprint density at radius 1 is 1.21 bits per heavy atom. The third-order valence-corrected chi connectivity index (χ3v) is 4.66. The Labute approximate surface area is 171 Å². The van der Waals surface area contributed by atoms with Crippen LogP contribution in [0.3, 0.4) is 0 Å². The maximum absolute atomic E-state index is 13.8. The van der Waals surface area contributed by atoms with Crippen molar-refractivity contribution in [2.24, 2.45) is 5.92 Å². The van der Waals surface area contributed by atoms with Crippen LogP contribution in [0.25, 0.3) is 0 Å². The minimum absolute atomic E-state index is 0.0447. The first kappa shape index (κ1) is 24.9. The number of benzene rings is 1. The first-order valence-electron chi connectivity index (χ1n) is 10.4. The SMILES string of the molecule is CC.CCCCCC(C)C(F)F.O=Cc1nc2n(n1)C(c1ccccc1)CC2F. The molecule has 0 fully saturated rings. The molecule has 29 heavy (non-hydrogen) atoms. The van der Waals surface area contributed by atoms with Gasteiger partial charge in [-0.05, 0) is 12.0 Å². The van der Waals surface area contributed by atoms with Crippen molar-refractivity contribution in [3.8, 4) is 0 Å². The number of rotatable bonds is 7. The highest BCUT2D eigenvalue weighted by atomic mass is 19.3. The van der Waals surface area contributed by atoms with Crippen LogP contribution < -0.4 is 0 Å². The van der Waals surface area contributed by atoms with Crippen LogP contribution in [0.1, 0.15) is 94.0 Å². The molecular formula is C22H32F3N3O. The van der Waals surface area contributed by atoms with E-state index in [0.29, 0.717) is 19.1 Å². The van der Waals surface area contributed by atoms with Crippen LogP contribution in [0, 0.1) is 5.92 Å². The number of hydrogen-bond acceptors (Lipinski definition) is 3. The van der Waals surface area contributed by atoms with Crippen molar-refractivity contribution >= 4 is 6.29 Å². The molecule has 0 saturated heterocycles. The Hall–Kier alpha value is -2.18. The summed E-state index contributed by atoms with van der Waals surface area (Å²) in [7, 11) is 0. The zero-order chi connectivity index (χ0) is 21.8. The van der Waals surface area contributed by atoms with E-state index < -0.39 is 18.5 Å². The van der Waals surface area contributed by atoms with Gasteiger partial charge in [-0.2, -0.15) is 0 Å². The molecule has 7 heteroatoms. The fourth-order valence-corrected chi connectivity index (χ4v) is 3.04. The number of fused-ring (bicyclic) bond motifs is 1. The number of hydrogen-bond donors (Lipinski definition) is 0. The van der Waals surface area contributed by atoms with Crippen LogP contribution in [0.15, 0.2) is 30.3 Å². The number of aldehydes is 1. The van der Waals surface area contributed by atoms with Crippen LogP contribution in [0.2, 0.25) is 0 Å². The van der Waals surface area contributed by atoms with Gasteiger partial charge >= 0.3 is 0 Å². The Bertz CT molecular complexity index is 707. The molecule has 3 rings (SSSR count). The first-order valence-corrected chi connectivity index (χ1v) is 10.4. The number of carbonyl (C=O) groups is 1. The summed E-state index contributed by atoms with van der Waals surface area (Å²) in [6.07, 6.45) is 1.40. The average Bonchev–Trinajstić information content (AvgIpc) is 3.31. The molecule has 3 unspecified atom stereocenters. The molecule has 0 spiro atoms. The van der Waals surface area contributed by atoms with E-state index in [-0.39, 0.29) is 17.7 Å². The molecule has 1 aliphatic heterocycles. The van der Waals surface area contributed by atoms with Gasteiger partial charge in [0.25, 0.3) is 0 Å². The van der Waals surface area contributed by atoms with Gasteiger partial charge in [0.1, 0.15) is 0 Å².